The van der Waals surface area contributed by atoms with Gasteiger partial charge in [0.1, 0.15) is 6.61 Å². The second-order valence-electron chi connectivity index (χ2n) is 2.64. The van der Waals surface area contributed by atoms with Crippen LogP contribution in [-0.4, -0.2) is 18.8 Å². The predicted molar refractivity (Wildman–Crippen MR) is 53.2 cm³/mol. The number of benzene rings is 1. The molecule has 1 rings (SSSR count). The topological polar surface area (TPSA) is 38.7 Å². The van der Waals surface area contributed by atoms with Gasteiger partial charge in [-0.3, -0.25) is 0 Å². The Morgan fingerprint density at radius 3 is 2.79 bits per heavy atom. The molecule has 0 bridgehead atoms. The van der Waals surface area contributed by atoms with E-state index in [-0.39, 0.29) is 13.2 Å². The van der Waals surface area contributed by atoms with Crippen molar-refractivity contribution in [2.75, 3.05) is 13.7 Å². The van der Waals surface area contributed by atoms with Gasteiger partial charge in [0.05, 0.1) is 13.7 Å². The van der Waals surface area contributed by atoms with Gasteiger partial charge < -0.3 is 14.6 Å². The molecule has 0 aliphatic rings. The van der Waals surface area contributed by atoms with Crippen molar-refractivity contribution >= 4 is 0 Å². The lowest BCUT2D eigenvalue weighted by Gasteiger charge is -2.09. The van der Waals surface area contributed by atoms with Crippen LogP contribution < -0.4 is 9.47 Å². The lowest BCUT2D eigenvalue weighted by atomic mass is 10.2. The molecule has 0 saturated carbocycles. The lowest BCUT2D eigenvalue weighted by molar-refractivity contribution is 0.279. The first-order valence-electron chi connectivity index (χ1n) is 4.16. The molecule has 0 aliphatic carbocycles. The van der Waals surface area contributed by atoms with Gasteiger partial charge in [-0.15, -0.1) is 6.42 Å². The van der Waals surface area contributed by atoms with Gasteiger partial charge >= 0.3 is 0 Å². The molecule has 0 heterocycles. The Morgan fingerprint density at radius 1 is 1.43 bits per heavy atom. The minimum atomic E-state index is -0.0220. The van der Waals surface area contributed by atoms with Crippen LogP contribution in [0.4, 0.5) is 0 Å². The van der Waals surface area contributed by atoms with E-state index in [0.717, 1.165) is 5.56 Å². The molecule has 0 atom stereocenters. The molecular formula is C11H12O3. The molecule has 74 valence electrons. The summed E-state index contributed by atoms with van der Waals surface area (Å²) in [6.45, 7) is 0.181. The molecule has 0 aliphatic heterocycles. The molecule has 3 nitrogen and oxygen atoms in total. The van der Waals surface area contributed by atoms with Crippen LogP contribution in [0.3, 0.4) is 0 Å². The maximum absolute atomic E-state index is 8.90. The summed E-state index contributed by atoms with van der Waals surface area (Å²) in [5, 5.41) is 8.90. The number of rotatable bonds is 4. The van der Waals surface area contributed by atoms with E-state index in [0.29, 0.717) is 11.5 Å². The normalized spacial score (nSPS) is 9.21. The van der Waals surface area contributed by atoms with Gasteiger partial charge in [0.25, 0.3) is 0 Å². The SMILES string of the molecule is C#CCOc1ccc(CO)cc1OC. The lowest BCUT2D eigenvalue weighted by Crippen LogP contribution is -1.97. The molecular weight excluding hydrogens is 180 g/mol. The fraction of sp³-hybridized carbons (Fsp3) is 0.273. The highest BCUT2D eigenvalue weighted by atomic mass is 16.5. The van der Waals surface area contributed by atoms with E-state index < -0.39 is 0 Å². The molecule has 14 heavy (non-hydrogen) atoms. The van der Waals surface area contributed by atoms with Crippen molar-refractivity contribution in [2.24, 2.45) is 0 Å². The summed E-state index contributed by atoms with van der Waals surface area (Å²) in [6, 6.07) is 5.20. The summed E-state index contributed by atoms with van der Waals surface area (Å²) < 4.78 is 10.3. The first-order valence-corrected chi connectivity index (χ1v) is 4.16. The number of aliphatic hydroxyl groups is 1. The number of aliphatic hydroxyl groups excluding tert-OH is 1. The van der Waals surface area contributed by atoms with Crippen molar-refractivity contribution in [3.8, 4) is 23.8 Å². The molecule has 1 aromatic rings. The predicted octanol–water partition coefficient (Wildman–Crippen LogP) is 1.20. The van der Waals surface area contributed by atoms with E-state index in [1.54, 1.807) is 25.3 Å². The number of hydrogen-bond donors (Lipinski definition) is 1. The summed E-state index contributed by atoms with van der Waals surface area (Å²) in [7, 11) is 1.54. The summed E-state index contributed by atoms with van der Waals surface area (Å²) in [5.74, 6) is 3.53. The van der Waals surface area contributed by atoms with Gasteiger partial charge in [-0.2, -0.15) is 0 Å². The Labute approximate surface area is 83.3 Å². The van der Waals surface area contributed by atoms with Crippen molar-refractivity contribution < 1.29 is 14.6 Å². The summed E-state index contributed by atoms with van der Waals surface area (Å²) in [5.41, 5.74) is 0.773. The van der Waals surface area contributed by atoms with Crippen molar-refractivity contribution in [2.45, 2.75) is 6.61 Å². The van der Waals surface area contributed by atoms with Gasteiger partial charge in [0.2, 0.25) is 0 Å². The molecule has 0 spiro atoms. The van der Waals surface area contributed by atoms with E-state index in [2.05, 4.69) is 5.92 Å². The Bertz CT molecular complexity index is 339. The quantitative estimate of drug-likeness (QED) is 0.728. The van der Waals surface area contributed by atoms with Crippen LogP contribution in [0.2, 0.25) is 0 Å². The molecule has 0 fully saturated rings. The second kappa shape index (κ2) is 5.15. The van der Waals surface area contributed by atoms with Crippen LogP contribution in [0, 0.1) is 12.3 Å². The van der Waals surface area contributed by atoms with Gasteiger partial charge in [0, 0.05) is 0 Å². The van der Waals surface area contributed by atoms with Crippen molar-refractivity contribution in [3.05, 3.63) is 23.8 Å². The van der Waals surface area contributed by atoms with Crippen LogP contribution in [0.25, 0.3) is 0 Å². The average molecular weight is 192 g/mol. The van der Waals surface area contributed by atoms with Gasteiger partial charge in [-0.05, 0) is 17.7 Å². The van der Waals surface area contributed by atoms with E-state index >= 15 is 0 Å². The van der Waals surface area contributed by atoms with Crippen LogP contribution in [-0.2, 0) is 6.61 Å². The minimum absolute atomic E-state index is 0.0220. The molecule has 0 amide bonds. The maximum atomic E-state index is 8.90. The Morgan fingerprint density at radius 2 is 2.21 bits per heavy atom. The number of hydrogen-bond acceptors (Lipinski definition) is 3. The number of terminal acetylenes is 1. The van der Waals surface area contributed by atoms with Gasteiger partial charge in [-0.1, -0.05) is 12.0 Å². The van der Waals surface area contributed by atoms with Crippen LogP contribution in [0.5, 0.6) is 11.5 Å². The highest BCUT2D eigenvalue weighted by molar-refractivity contribution is 5.42. The van der Waals surface area contributed by atoms with Crippen LogP contribution in [0.15, 0.2) is 18.2 Å². The van der Waals surface area contributed by atoms with Gasteiger partial charge in [0.15, 0.2) is 11.5 Å². The zero-order valence-corrected chi connectivity index (χ0v) is 7.99. The molecule has 3 heteroatoms. The fourth-order valence-corrected chi connectivity index (χ4v) is 1.05. The summed E-state index contributed by atoms with van der Waals surface area (Å²) in [4.78, 5) is 0. The Balaban J connectivity index is 2.88. The van der Waals surface area contributed by atoms with Crippen molar-refractivity contribution in [1.82, 2.24) is 0 Å². The summed E-state index contributed by atoms with van der Waals surface area (Å²) in [6.07, 6.45) is 5.07. The molecule has 1 N–H and O–H groups in total. The van der Waals surface area contributed by atoms with E-state index in [9.17, 15) is 0 Å². The third-order valence-corrected chi connectivity index (χ3v) is 1.72. The van der Waals surface area contributed by atoms with Crippen molar-refractivity contribution in [1.29, 1.82) is 0 Å². The standard InChI is InChI=1S/C11H12O3/c1-3-6-14-10-5-4-9(8-12)7-11(10)13-2/h1,4-5,7,12H,6,8H2,2H3. The first kappa shape index (κ1) is 10.4. The largest absolute Gasteiger partial charge is 0.493 e. The zero-order valence-electron chi connectivity index (χ0n) is 7.99. The molecule has 0 saturated heterocycles. The third kappa shape index (κ3) is 2.41. The molecule has 0 unspecified atom stereocenters. The maximum Gasteiger partial charge on any atom is 0.162 e. The number of methoxy groups -OCH3 is 1. The molecule has 1 aromatic carbocycles. The number of ether oxygens (including phenoxy) is 2. The molecule has 0 aromatic heterocycles. The summed E-state index contributed by atoms with van der Waals surface area (Å²) >= 11 is 0. The Hall–Kier alpha value is -1.66. The third-order valence-electron chi connectivity index (χ3n) is 1.72. The second-order valence-corrected chi connectivity index (χ2v) is 2.64. The monoisotopic (exact) mass is 192 g/mol. The van der Waals surface area contributed by atoms with Gasteiger partial charge in [-0.25, -0.2) is 0 Å². The highest BCUT2D eigenvalue weighted by Gasteiger charge is 2.04. The van der Waals surface area contributed by atoms with Crippen LogP contribution >= 0.6 is 0 Å². The zero-order chi connectivity index (χ0) is 10.4. The molecule has 0 radical (unpaired) electrons. The van der Waals surface area contributed by atoms with Crippen molar-refractivity contribution in [3.63, 3.8) is 0 Å². The fourth-order valence-electron chi connectivity index (χ4n) is 1.05. The first-order chi connectivity index (χ1) is 6.81. The van der Waals surface area contributed by atoms with Crippen LogP contribution in [0.1, 0.15) is 5.56 Å². The minimum Gasteiger partial charge on any atom is -0.493 e. The van der Waals surface area contributed by atoms with E-state index in [4.69, 9.17) is 21.0 Å². The smallest absolute Gasteiger partial charge is 0.162 e. The average Bonchev–Trinajstić information content (AvgIpc) is 2.26. The highest BCUT2D eigenvalue weighted by Crippen LogP contribution is 2.27. The van der Waals surface area contributed by atoms with E-state index in [1.165, 1.54) is 0 Å². The Kier molecular flexibility index (Phi) is 3.84. The van der Waals surface area contributed by atoms with E-state index in [1.807, 2.05) is 0 Å².